The minimum atomic E-state index is -2.53. The third kappa shape index (κ3) is 8.51. The zero-order chi connectivity index (χ0) is 35.2. The number of benzene rings is 2. The molecule has 49 heavy (non-hydrogen) atoms. The number of hydrogen-bond donors (Lipinski definition) is 3. The number of aldehydes is 1. The summed E-state index contributed by atoms with van der Waals surface area (Å²) in [4.78, 5) is 82.5. The number of aryl methyl sites for hydroxylation is 2. The summed E-state index contributed by atoms with van der Waals surface area (Å²) < 4.78 is 7.31. The molecular formula is C34H41N6O8P. The number of hydrogen-bond acceptors (Lipinski definition) is 11. The van der Waals surface area contributed by atoms with Crippen LogP contribution in [0.25, 0.3) is 21.9 Å². The normalized spacial score (nSPS) is 14.0. The van der Waals surface area contributed by atoms with Gasteiger partial charge in [0.1, 0.15) is 23.4 Å². The van der Waals surface area contributed by atoms with Crippen molar-refractivity contribution in [2.24, 2.45) is 0 Å². The summed E-state index contributed by atoms with van der Waals surface area (Å²) in [5.74, 6) is 0.437. The van der Waals surface area contributed by atoms with Crippen molar-refractivity contribution >= 4 is 60.4 Å². The Morgan fingerprint density at radius 3 is 2.61 bits per heavy atom. The van der Waals surface area contributed by atoms with Crippen LogP contribution in [-0.2, 0) is 37.0 Å². The summed E-state index contributed by atoms with van der Waals surface area (Å²) in [6, 6.07) is 11.3. The van der Waals surface area contributed by atoms with Crippen LogP contribution in [0, 0.1) is 6.92 Å². The topological polar surface area (TPSA) is 190 Å². The van der Waals surface area contributed by atoms with E-state index in [1.807, 2.05) is 37.3 Å². The fraction of sp³-hybridized carbons (Fsp3) is 0.412. The second-order valence-electron chi connectivity index (χ2n) is 12.1. The standard InChI is InChI=1S/C34H41N6O8P/c1-4-5-8-28-37-32-33(40(28)19-22-12-15-27(21(2)17-22)48-49(45)46)24-18-23(13-14-25(24)36-34(32)35)26-20-39(26)30(43)9-6-11-31(44)47-38(3)29(42)10-7-16-41/h12-18,26,45-46H,4-11,19-20H2,1-3H3,(H2,35,36). The number of hydroxylamine groups is 2. The summed E-state index contributed by atoms with van der Waals surface area (Å²) in [5, 5.41) is 1.69. The van der Waals surface area contributed by atoms with Crippen LogP contribution < -0.4 is 10.3 Å². The fourth-order valence-corrected chi connectivity index (χ4v) is 6.26. The maximum absolute atomic E-state index is 13.0. The molecule has 3 heterocycles. The molecule has 0 aliphatic carbocycles. The van der Waals surface area contributed by atoms with Gasteiger partial charge in [-0.15, -0.1) is 0 Å². The summed E-state index contributed by atoms with van der Waals surface area (Å²) in [6.07, 6.45) is 3.70. The van der Waals surface area contributed by atoms with Crippen LogP contribution in [0.2, 0.25) is 0 Å². The fourth-order valence-electron chi connectivity index (χ4n) is 5.88. The maximum Gasteiger partial charge on any atom is 0.391 e. The highest BCUT2D eigenvalue weighted by atomic mass is 31.2. The first-order valence-corrected chi connectivity index (χ1v) is 17.4. The average Bonchev–Trinajstić information content (AvgIpc) is 3.79. The molecule has 1 unspecified atom stereocenters. The molecule has 1 aliphatic rings. The Kier molecular flexibility index (Phi) is 11.4. The van der Waals surface area contributed by atoms with Crippen molar-refractivity contribution in [2.45, 2.75) is 77.8 Å². The molecule has 0 saturated carbocycles. The van der Waals surface area contributed by atoms with Gasteiger partial charge in [-0.05, 0) is 54.7 Å². The Morgan fingerprint density at radius 2 is 1.90 bits per heavy atom. The van der Waals surface area contributed by atoms with E-state index in [2.05, 4.69) is 16.5 Å². The molecule has 0 bridgehead atoms. The molecule has 2 amide bonds. The molecule has 1 saturated heterocycles. The van der Waals surface area contributed by atoms with Crippen molar-refractivity contribution < 1.29 is 38.3 Å². The second kappa shape index (κ2) is 15.7. The molecule has 2 aromatic heterocycles. The van der Waals surface area contributed by atoms with Gasteiger partial charge in [0.15, 0.2) is 5.82 Å². The molecule has 4 aromatic rings. The first kappa shape index (κ1) is 35.7. The summed E-state index contributed by atoms with van der Waals surface area (Å²) >= 11 is 0. The summed E-state index contributed by atoms with van der Waals surface area (Å²) in [6.45, 7) is 5.01. The highest BCUT2D eigenvalue weighted by Crippen LogP contribution is 2.39. The second-order valence-corrected chi connectivity index (χ2v) is 12.8. The van der Waals surface area contributed by atoms with E-state index >= 15 is 0 Å². The third-order valence-corrected chi connectivity index (χ3v) is 8.83. The van der Waals surface area contributed by atoms with Crippen LogP contribution in [0.1, 0.15) is 80.4 Å². The van der Waals surface area contributed by atoms with Gasteiger partial charge in [0.2, 0.25) is 5.91 Å². The number of anilines is 1. The lowest BCUT2D eigenvalue weighted by Gasteiger charge is -2.15. The molecule has 0 spiro atoms. The van der Waals surface area contributed by atoms with Gasteiger partial charge >= 0.3 is 14.6 Å². The zero-order valence-electron chi connectivity index (χ0n) is 27.8. The third-order valence-electron chi connectivity index (χ3n) is 8.47. The number of pyridine rings is 1. The molecule has 5 rings (SSSR count). The average molecular weight is 693 g/mol. The number of fused-ring (bicyclic) bond motifs is 3. The van der Waals surface area contributed by atoms with E-state index in [1.54, 1.807) is 11.0 Å². The van der Waals surface area contributed by atoms with Crippen LogP contribution in [0.3, 0.4) is 0 Å². The molecule has 1 atom stereocenters. The van der Waals surface area contributed by atoms with Gasteiger partial charge in [0.05, 0.1) is 17.1 Å². The first-order valence-electron chi connectivity index (χ1n) is 16.2. The van der Waals surface area contributed by atoms with E-state index in [-0.39, 0.29) is 44.1 Å². The van der Waals surface area contributed by atoms with Gasteiger partial charge in [0.25, 0.3) is 5.91 Å². The lowest BCUT2D eigenvalue weighted by molar-refractivity contribution is -0.192. The summed E-state index contributed by atoms with van der Waals surface area (Å²) in [5.41, 5.74) is 11.3. The van der Waals surface area contributed by atoms with E-state index in [4.69, 9.17) is 20.1 Å². The van der Waals surface area contributed by atoms with Crippen LogP contribution in [-0.4, -0.2) is 71.9 Å². The van der Waals surface area contributed by atoms with Crippen molar-refractivity contribution in [3.05, 3.63) is 58.9 Å². The monoisotopic (exact) mass is 692 g/mol. The highest BCUT2D eigenvalue weighted by molar-refractivity contribution is 7.39. The van der Waals surface area contributed by atoms with E-state index < -0.39 is 20.5 Å². The van der Waals surface area contributed by atoms with Crippen molar-refractivity contribution in [2.75, 3.05) is 19.3 Å². The van der Waals surface area contributed by atoms with Crippen LogP contribution in [0.5, 0.6) is 5.75 Å². The molecule has 2 aromatic carbocycles. The van der Waals surface area contributed by atoms with Gasteiger partial charge < -0.3 is 39.1 Å². The first-order chi connectivity index (χ1) is 23.5. The maximum atomic E-state index is 13.0. The SMILES string of the molecule is CCCCc1nc2c(N)nc3ccc(C4CN4C(=O)CCCC(=O)ON(C)C(=O)CCC=O)cc3c2n1Cc1ccc(OP(O)O)c(C)c1. The van der Waals surface area contributed by atoms with Crippen LogP contribution >= 0.6 is 8.60 Å². The van der Waals surface area contributed by atoms with Gasteiger partial charge in [-0.25, -0.2) is 14.8 Å². The minimum Gasteiger partial charge on any atom is -0.427 e. The largest absolute Gasteiger partial charge is 0.427 e. The van der Waals surface area contributed by atoms with Gasteiger partial charge in [-0.2, -0.15) is 5.06 Å². The lowest BCUT2D eigenvalue weighted by Crippen LogP contribution is -2.29. The number of nitrogens with two attached hydrogens (primary N) is 1. The number of carbonyl (C=O) groups is 4. The number of aromatic nitrogens is 3. The number of nitrogens with zero attached hydrogens (tertiary/aromatic N) is 5. The number of carbonyl (C=O) groups excluding carboxylic acids is 4. The van der Waals surface area contributed by atoms with Gasteiger partial charge in [0, 0.05) is 57.6 Å². The highest BCUT2D eigenvalue weighted by Gasteiger charge is 2.39. The number of rotatable bonds is 15. The number of amides is 2. The van der Waals surface area contributed by atoms with Crippen LogP contribution in [0.15, 0.2) is 36.4 Å². The lowest BCUT2D eigenvalue weighted by atomic mass is 10.1. The Morgan fingerprint density at radius 1 is 1.10 bits per heavy atom. The summed E-state index contributed by atoms with van der Waals surface area (Å²) in [7, 11) is -1.21. The predicted octanol–water partition coefficient (Wildman–Crippen LogP) is 4.41. The Balaban J connectivity index is 1.34. The molecular weight excluding hydrogens is 651 g/mol. The van der Waals surface area contributed by atoms with Gasteiger partial charge in [-0.3, -0.25) is 9.59 Å². The van der Waals surface area contributed by atoms with E-state index in [0.29, 0.717) is 42.0 Å². The molecule has 4 N–H and O–H groups in total. The molecule has 15 heteroatoms. The Hall–Kier alpha value is -4.65. The van der Waals surface area contributed by atoms with E-state index in [1.165, 1.54) is 7.05 Å². The van der Waals surface area contributed by atoms with Crippen molar-refractivity contribution in [1.29, 1.82) is 0 Å². The molecule has 14 nitrogen and oxygen atoms in total. The predicted molar refractivity (Wildman–Crippen MR) is 183 cm³/mol. The van der Waals surface area contributed by atoms with Crippen LogP contribution in [0.4, 0.5) is 5.82 Å². The van der Waals surface area contributed by atoms with Crippen molar-refractivity contribution in [3.63, 3.8) is 0 Å². The van der Waals surface area contributed by atoms with E-state index in [9.17, 15) is 29.0 Å². The Labute approximate surface area is 284 Å². The molecule has 0 radical (unpaired) electrons. The molecule has 260 valence electrons. The van der Waals surface area contributed by atoms with Crippen molar-refractivity contribution in [1.82, 2.24) is 24.5 Å². The molecule has 1 aliphatic heterocycles. The quantitative estimate of drug-likeness (QED) is 0.0693. The number of nitrogen functional groups attached to an aromatic ring is 1. The molecule has 1 fully saturated rings. The number of imidazole rings is 1. The van der Waals surface area contributed by atoms with Gasteiger partial charge in [-0.1, -0.05) is 31.5 Å². The Bertz CT molecular complexity index is 1880. The number of unbranched alkanes of at least 4 members (excludes halogenated alkanes) is 1. The smallest absolute Gasteiger partial charge is 0.391 e. The zero-order valence-corrected chi connectivity index (χ0v) is 28.7. The van der Waals surface area contributed by atoms with Crippen molar-refractivity contribution in [3.8, 4) is 5.75 Å². The van der Waals surface area contributed by atoms with E-state index in [0.717, 1.165) is 57.7 Å². The minimum absolute atomic E-state index is 0.0274.